The summed E-state index contributed by atoms with van der Waals surface area (Å²) in [6.07, 6.45) is 0. The number of benzene rings is 2. The molecule has 0 aliphatic rings. The third kappa shape index (κ3) is 3.26. The highest BCUT2D eigenvalue weighted by Crippen LogP contribution is 2.34. The third-order valence-electron chi connectivity index (χ3n) is 3.10. The number of nitro benzene ring substituents is 1. The second kappa shape index (κ2) is 6.19. The number of nitrogens with two attached hydrogens (primary N) is 1. The summed E-state index contributed by atoms with van der Waals surface area (Å²) >= 11 is 0. The number of para-hydroxylation sites is 1. The van der Waals surface area contributed by atoms with Crippen LogP contribution in [0.25, 0.3) is 0 Å². The lowest BCUT2D eigenvalue weighted by molar-refractivity contribution is -0.383. The predicted molar refractivity (Wildman–Crippen MR) is 79.4 cm³/mol. The quantitative estimate of drug-likeness (QED) is 0.502. The van der Waals surface area contributed by atoms with Crippen LogP contribution in [0, 0.1) is 15.9 Å². The molecule has 2 aromatic rings. The van der Waals surface area contributed by atoms with Crippen molar-refractivity contribution >= 4 is 17.1 Å². The summed E-state index contributed by atoms with van der Waals surface area (Å²) in [6, 6.07) is 10.9. The van der Waals surface area contributed by atoms with Crippen molar-refractivity contribution in [2.45, 2.75) is 6.54 Å². The minimum absolute atomic E-state index is 0.0930. The highest BCUT2D eigenvalue weighted by molar-refractivity contribution is 5.76. The first kappa shape index (κ1) is 14.7. The van der Waals surface area contributed by atoms with E-state index < -0.39 is 4.92 Å². The van der Waals surface area contributed by atoms with Crippen molar-refractivity contribution in [1.29, 1.82) is 0 Å². The fourth-order valence-electron chi connectivity index (χ4n) is 2.10. The van der Waals surface area contributed by atoms with Crippen molar-refractivity contribution in [3.63, 3.8) is 0 Å². The fourth-order valence-corrected chi connectivity index (χ4v) is 2.10. The van der Waals surface area contributed by atoms with Gasteiger partial charge in [-0.1, -0.05) is 18.2 Å². The highest BCUT2D eigenvalue weighted by atomic mass is 19.1. The SMILES string of the molecule is CN(Cc1ccc(F)cc1)c1cccc(NN)c1[N+](=O)[O-]. The molecule has 0 radical (unpaired) electrons. The molecular formula is C14H15FN4O2. The molecule has 6 nitrogen and oxygen atoms in total. The number of halogens is 1. The molecule has 0 amide bonds. The Balaban J connectivity index is 2.32. The Hall–Kier alpha value is -2.67. The molecule has 7 heteroatoms. The van der Waals surface area contributed by atoms with Gasteiger partial charge >= 0.3 is 5.69 Å². The lowest BCUT2D eigenvalue weighted by atomic mass is 10.1. The largest absolute Gasteiger partial charge is 0.365 e. The highest BCUT2D eigenvalue weighted by Gasteiger charge is 2.21. The summed E-state index contributed by atoms with van der Waals surface area (Å²) < 4.78 is 12.9. The van der Waals surface area contributed by atoms with Crippen LogP contribution in [0.15, 0.2) is 42.5 Å². The minimum Gasteiger partial charge on any atom is -0.365 e. The van der Waals surface area contributed by atoms with Gasteiger partial charge in [-0.25, -0.2) is 4.39 Å². The van der Waals surface area contributed by atoms with Gasteiger partial charge in [0.1, 0.15) is 17.2 Å². The number of rotatable bonds is 5. The van der Waals surface area contributed by atoms with Crippen molar-refractivity contribution in [2.75, 3.05) is 17.4 Å². The van der Waals surface area contributed by atoms with E-state index >= 15 is 0 Å². The molecule has 0 aliphatic heterocycles. The van der Waals surface area contributed by atoms with Gasteiger partial charge in [0.05, 0.1) is 4.92 Å². The van der Waals surface area contributed by atoms with Gasteiger partial charge in [0.25, 0.3) is 0 Å². The van der Waals surface area contributed by atoms with Crippen LogP contribution in [-0.4, -0.2) is 12.0 Å². The molecule has 0 aliphatic carbocycles. The Morgan fingerprint density at radius 2 is 1.95 bits per heavy atom. The van der Waals surface area contributed by atoms with E-state index in [4.69, 9.17) is 5.84 Å². The smallest absolute Gasteiger partial charge is 0.316 e. The lowest BCUT2D eigenvalue weighted by Crippen LogP contribution is -2.19. The van der Waals surface area contributed by atoms with Gasteiger partial charge in [-0.05, 0) is 29.8 Å². The van der Waals surface area contributed by atoms with Crippen molar-refractivity contribution in [3.05, 3.63) is 64.0 Å². The number of nitrogens with zero attached hydrogens (tertiary/aromatic N) is 2. The van der Waals surface area contributed by atoms with Gasteiger partial charge in [-0.3, -0.25) is 16.0 Å². The Labute approximate surface area is 121 Å². The number of nitrogen functional groups attached to an aromatic ring is 1. The summed E-state index contributed by atoms with van der Waals surface area (Å²) in [5.41, 5.74) is 3.75. The minimum atomic E-state index is -0.480. The first-order valence-corrected chi connectivity index (χ1v) is 6.22. The van der Waals surface area contributed by atoms with Crippen molar-refractivity contribution in [2.24, 2.45) is 5.84 Å². The van der Waals surface area contributed by atoms with E-state index in [0.29, 0.717) is 12.2 Å². The monoisotopic (exact) mass is 290 g/mol. The number of anilines is 2. The molecule has 0 fully saturated rings. The van der Waals surface area contributed by atoms with Gasteiger partial charge in [-0.2, -0.15) is 0 Å². The van der Waals surface area contributed by atoms with Crippen LogP contribution in [0.2, 0.25) is 0 Å². The zero-order valence-electron chi connectivity index (χ0n) is 11.4. The standard InChI is InChI=1S/C14H15FN4O2/c1-18(9-10-5-7-11(15)8-6-10)13-4-2-3-12(17-16)14(13)19(20)21/h2-8,17H,9,16H2,1H3. The van der Waals surface area contributed by atoms with Crippen LogP contribution < -0.4 is 16.2 Å². The second-order valence-electron chi connectivity index (χ2n) is 4.56. The van der Waals surface area contributed by atoms with E-state index in [9.17, 15) is 14.5 Å². The Kier molecular flexibility index (Phi) is 4.34. The predicted octanol–water partition coefficient (Wildman–Crippen LogP) is 2.66. The van der Waals surface area contributed by atoms with Crippen LogP contribution >= 0.6 is 0 Å². The van der Waals surface area contributed by atoms with Crippen LogP contribution in [0.4, 0.5) is 21.5 Å². The number of hydrogen-bond donors (Lipinski definition) is 2. The zero-order valence-corrected chi connectivity index (χ0v) is 11.4. The van der Waals surface area contributed by atoms with Crippen molar-refractivity contribution < 1.29 is 9.31 Å². The van der Waals surface area contributed by atoms with Crippen molar-refractivity contribution in [3.8, 4) is 0 Å². The third-order valence-corrected chi connectivity index (χ3v) is 3.10. The topological polar surface area (TPSA) is 84.4 Å². The van der Waals surface area contributed by atoms with Gasteiger partial charge in [0.2, 0.25) is 0 Å². The Bertz CT molecular complexity index is 646. The van der Waals surface area contributed by atoms with E-state index in [1.165, 1.54) is 18.2 Å². The summed E-state index contributed by atoms with van der Waals surface area (Å²) in [4.78, 5) is 12.5. The summed E-state index contributed by atoms with van der Waals surface area (Å²) in [6.45, 7) is 0.412. The normalized spacial score (nSPS) is 10.2. The molecule has 0 spiro atoms. The maximum atomic E-state index is 12.9. The molecule has 3 N–H and O–H groups in total. The molecule has 110 valence electrons. The van der Waals surface area contributed by atoms with Gasteiger partial charge < -0.3 is 10.3 Å². The number of nitro groups is 1. The van der Waals surface area contributed by atoms with E-state index in [-0.39, 0.29) is 17.2 Å². The zero-order chi connectivity index (χ0) is 15.4. The average molecular weight is 290 g/mol. The van der Waals surface area contributed by atoms with Crippen LogP contribution in [0.3, 0.4) is 0 Å². The number of nitrogens with one attached hydrogen (secondary N) is 1. The Morgan fingerprint density at radius 3 is 2.52 bits per heavy atom. The molecule has 0 aromatic heterocycles. The van der Waals surface area contributed by atoms with E-state index in [1.807, 2.05) is 0 Å². The number of hydrogen-bond acceptors (Lipinski definition) is 5. The molecule has 0 saturated carbocycles. The second-order valence-corrected chi connectivity index (χ2v) is 4.56. The van der Waals surface area contributed by atoms with Crippen molar-refractivity contribution in [1.82, 2.24) is 0 Å². The van der Waals surface area contributed by atoms with Gasteiger partial charge in [0.15, 0.2) is 0 Å². The fraction of sp³-hybridized carbons (Fsp3) is 0.143. The molecule has 0 unspecified atom stereocenters. The maximum absolute atomic E-state index is 12.9. The van der Waals surface area contributed by atoms with Gasteiger partial charge in [-0.15, -0.1) is 0 Å². The molecule has 0 heterocycles. The molecule has 0 bridgehead atoms. The van der Waals surface area contributed by atoms with Crippen LogP contribution in [0.1, 0.15) is 5.56 Å². The first-order chi connectivity index (χ1) is 10.0. The molecule has 21 heavy (non-hydrogen) atoms. The molecule has 2 aromatic carbocycles. The maximum Gasteiger partial charge on any atom is 0.316 e. The van der Waals surface area contributed by atoms with Gasteiger partial charge in [0, 0.05) is 13.6 Å². The average Bonchev–Trinajstić information content (AvgIpc) is 2.48. The molecular weight excluding hydrogens is 275 g/mol. The Morgan fingerprint density at radius 1 is 1.29 bits per heavy atom. The van der Waals surface area contributed by atoms with E-state index in [0.717, 1.165) is 5.56 Å². The summed E-state index contributed by atoms with van der Waals surface area (Å²) in [7, 11) is 1.73. The van der Waals surface area contributed by atoms with Crippen LogP contribution in [0.5, 0.6) is 0 Å². The molecule has 0 atom stereocenters. The summed E-state index contributed by atoms with van der Waals surface area (Å²) in [5.74, 6) is 4.99. The van der Waals surface area contributed by atoms with E-state index in [1.54, 1.807) is 36.2 Å². The lowest BCUT2D eigenvalue weighted by Gasteiger charge is -2.20. The number of hydrazine groups is 1. The van der Waals surface area contributed by atoms with Crippen LogP contribution in [-0.2, 0) is 6.54 Å². The van der Waals surface area contributed by atoms with E-state index in [2.05, 4.69) is 5.43 Å². The molecule has 2 rings (SSSR count). The summed E-state index contributed by atoms with van der Waals surface area (Å²) in [5, 5.41) is 11.2. The molecule has 0 saturated heterocycles. The first-order valence-electron chi connectivity index (χ1n) is 6.22.